The smallest absolute Gasteiger partial charge is 0.159 e. The lowest BCUT2D eigenvalue weighted by atomic mass is 10.1. The fourth-order valence-corrected chi connectivity index (χ4v) is 2.43. The zero-order valence-corrected chi connectivity index (χ0v) is 15.9. The second kappa shape index (κ2) is 9.01. The fourth-order valence-electron chi connectivity index (χ4n) is 2.05. The summed E-state index contributed by atoms with van der Waals surface area (Å²) in [4.78, 5) is 10.6. The van der Waals surface area contributed by atoms with E-state index in [2.05, 4.69) is 25.9 Å². The van der Waals surface area contributed by atoms with Gasteiger partial charge >= 0.3 is 0 Å². The van der Waals surface area contributed by atoms with Gasteiger partial charge in [0.25, 0.3) is 0 Å². The minimum Gasteiger partial charge on any atom is -0.369 e. The molecule has 0 fully saturated rings. The Hall–Kier alpha value is -1.86. The third kappa shape index (κ3) is 5.86. The number of benzene rings is 1. The van der Waals surface area contributed by atoms with E-state index in [0.29, 0.717) is 11.4 Å². The third-order valence-corrected chi connectivity index (χ3v) is 4.06. The Morgan fingerprint density at radius 3 is 2.60 bits per heavy atom. The van der Waals surface area contributed by atoms with E-state index < -0.39 is 17.7 Å². The Morgan fingerprint density at radius 1 is 1.28 bits per heavy atom. The van der Waals surface area contributed by atoms with Crippen LogP contribution < -0.4 is 0 Å². The molecule has 1 heterocycles. The minimum atomic E-state index is -0.623. The number of nitrogens with zero attached hydrogens (tertiary/aromatic N) is 3. The van der Waals surface area contributed by atoms with Crippen LogP contribution in [0.3, 0.4) is 0 Å². The lowest BCUT2D eigenvalue weighted by Gasteiger charge is -2.15. The molecular weight excluding hydrogens is 392 g/mol. The molecule has 0 saturated heterocycles. The van der Waals surface area contributed by atoms with Crippen LogP contribution in [0.2, 0.25) is 0 Å². The van der Waals surface area contributed by atoms with Crippen molar-refractivity contribution in [2.45, 2.75) is 26.6 Å². The van der Waals surface area contributed by atoms with Gasteiger partial charge in [-0.3, -0.25) is 0 Å². The van der Waals surface area contributed by atoms with Crippen LogP contribution in [-0.2, 0) is 11.3 Å². The summed E-state index contributed by atoms with van der Waals surface area (Å²) >= 11 is 3.38. The van der Waals surface area contributed by atoms with Crippen LogP contribution in [0, 0.1) is 11.6 Å². The van der Waals surface area contributed by atoms with Crippen LogP contribution in [0.15, 0.2) is 39.9 Å². The Bertz CT molecular complexity index is 735. The van der Waals surface area contributed by atoms with E-state index in [4.69, 9.17) is 4.74 Å². The summed E-state index contributed by atoms with van der Waals surface area (Å²) in [5, 5.41) is 0. The quantitative estimate of drug-likeness (QED) is 0.474. The van der Waals surface area contributed by atoms with Gasteiger partial charge in [-0.25, -0.2) is 18.8 Å². The van der Waals surface area contributed by atoms with Crippen LogP contribution in [0.25, 0.3) is 0 Å². The van der Waals surface area contributed by atoms with Gasteiger partial charge in [-0.2, -0.15) is 0 Å². The molecule has 0 radical (unpaired) electrons. The van der Waals surface area contributed by atoms with E-state index in [-0.39, 0.29) is 6.61 Å². The van der Waals surface area contributed by atoms with Gasteiger partial charge in [0.1, 0.15) is 11.6 Å². The molecule has 0 spiro atoms. The van der Waals surface area contributed by atoms with Gasteiger partial charge in [-0.1, -0.05) is 0 Å². The average Bonchev–Trinajstić information content (AvgIpc) is 2.57. The van der Waals surface area contributed by atoms with E-state index in [0.717, 1.165) is 22.6 Å². The van der Waals surface area contributed by atoms with Crippen molar-refractivity contribution in [1.29, 1.82) is 0 Å². The highest BCUT2D eigenvalue weighted by Crippen LogP contribution is 2.25. The van der Waals surface area contributed by atoms with Crippen molar-refractivity contribution in [2.75, 3.05) is 13.6 Å². The molecule has 2 rings (SSSR count). The van der Waals surface area contributed by atoms with Crippen LogP contribution in [0.5, 0.6) is 0 Å². The molecule has 1 unspecified atom stereocenters. The summed E-state index contributed by atoms with van der Waals surface area (Å²) in [6.07, 6.45) is 2.89. The summed E-state index contributed by atoms with van der Waals surface area (Å²) in [7, 11) is 1.92. The highest BCUT2D eigenvalue weighted by atomic mass is 79.9. The number of aromatic nitrogens is 1. The van der Waals surface area contributed by atoms with Crippen molar-refractivity contribution < 1.29 is 13.5 Å². The fraction of sp³-hybridized carbons (Fsp3) is 0.333. The number of hydrogen-bond donors (Lipinski definition) is 0. The minimum absolute atomic E-state index is 0.217. The highest BCUT2D eigenvalue weighted by Gasteiger charge is 2.12. The van der Waals surface area contributed by atoms with Crippen LogP contribution in [-0.4, -0.2) is 29.8 Å². The molecule has 0 aliphatic rings. The molecule has 7 heteroatoms. The van der Waals surface area contributed by atoms with E-state index in [1.54, 1.807) is 19.5 Å². The van der Waals surface area contributed by atoms with Gasteiger partial charge in [0.15, 0.2) is 5.82 Å². The summed E-state index contributed by atoms with van der Waals surface area (Å²) in [5.41, 5.74) is 1.22. The number of rotatable bonds is 7. The van der Waals surface area contributed by atoms with Crippen molar-refractivity contribution in [2.24, 2.45) is 4.99 Å². The maximum atomic E-state index is 13.3. The molecule has 1 aromatic heterocycles. The second-order valence-corrected chi connectivity index (χ2v) is 6.53. The SMILES string of the molecule is CCN(C)C=Nc1ncc(Br)cc1COC(C)c1cc(F)cc(F)c1. The summed E-state index contributed by atoms with van der Waals surface area (Å²) in [5.74, 6) is -0.703. The molecule has 0 amide bonds. The number of hydrogen-bond acceptors (Lipinski definition) is 3. The summed E-state index contributed by atoms with van der Waals surface area (Å²) in [6.45, 7) is 4.81. The maximum absolute atomic E-state index is 13.3. The highest BCUT2D eigenvalue weighted by molar-refractivity contribution is 9.10. The third-order valence-electron chi connectivity index (χ3n) is 3.63. The van der Waals surface area contributed by atoms with Gasteiger partial charge in [-0.05, 0) is 53.5 Å². The van der Waals surface area contributed by atoms with Gasteiger partial charge in [0.2, 0.25) is 0 Å². The van der Waals surface area contributed by atoms with E-state index >= 15 is 0 Å². The predicted octanol–water partition coefficient (Wildman–Crippen LogP) is 5.01. The molecule has 2 aromatic rings. The molecule has 4 nitrogen and oxygen atoms in total. The monoisotopic (exact) mass is 411 g/mol. The van der Waals surface area contributed by atoms with Crippen molar-refractivity contribution in [3.63, 3.8) is 0 Å². The number of pyridine rings is 1. The first kappa shape index (κ1) is 19.5. The maximum Gasteiger partial charge on any atom is 0.159 e. The molecule has 0 aliphatic heterocycles. The van der Waals surface area contributed by atoms with Gasteiger partial charge < -0.3 is 9.64 Å². The normalized spacial score (nSPS) is 12.6. The number of halogens is 3. The van der Waals surface area contributed by atoms with E-state index in [9.17, 15) is 8.78 Å². The molecular formula is C18H20BrF2N3O. The first-order valence-corrected chi connectivity index (χ1v) is 8.64. The van der Waals surface area contributed by atoms with E-state index in [1.165, 1.54) is 12.1 Å². The standard InChI is InChI=1S/C18H20BrF2N3O/c1-4-24(3)11-23-18-14(5-15(19)9-22-18)10-25-12(2)13-6-16(20)8-17(21)7-13/h5-9,11-12H,4,10H2,1-3H3. The van der Waals surface area contributed by atoms with Crippen LogP contribution >= 0.6 is 15.9 Å². The van der Waals surface area contributed by atoms with Crippen molar-refractivity contribution >= 4 is 28.1 Å². The lowest BCUT2D eigenvalue weighted by molar-refractivity contribution is 0.0522. The first-order valence-electron chi connectivity index (χ1n) is 7.85. The zero-order chi connectivity index (χ0) is 18.4. The second-order valence-electron chi connectivity index (χ2n) is 5.61. The molecule has 134 valence electrons. The Balaban J connectivity index is 2.13. The topological polar surface area (TPSA) is 37.7 Å². The summed E-state index contributed by atoms with van der Waals surface area (Å²) < 4.78 is 33.3. The number of ether oxygens (including phenoxy) is 1. The van der Waals surface area contributed by atoms with Crippen LogP contribution in [0.1, 0.15) is 31.1 Å². The van der Waals surface area contributed by atoms with Gasteiger partial charge in [0.05, 0.1) is 19.0 Å². The first-order chi connectivity index (χ1) is 11.9. The van der Waals surface area contributed by atoms with Gasteiger partial charge in [-0.15, -0.1) is 0 Å². The van der Waals surface area contributed by atoms with Crippen molar-refractivity contribution in [3.8, 4) is 0 Å². The average molecular weight is 412 g/mol. The largest absolute Gasteiger partial charge is 0.369 e. The molecule has 1 aromatic carbocycles. The predicted molar refractivity (Wildman–Crippen MR) is 98.0 cm³/mol. The number of aliphatic imine (C=N–C) groups is 1. The zero-order valence-electron chi connectivity index (χ0n) is 14.3. The van der Waals surface area contributed by atoms with E-state index in [1.807, 2.05) is 24.9 Å². The molecule has 0 N–H and O–H groups in total. The Kier molecular flexibility index (Phi) is 7.01. The molecule has 0 aliphatic carbocycles. The van der Waals surface area contributed by atoms with Gasteiger partial charge in [0, 0.05) is 35.9 Å². The molecule has 0 saturated carbocycles. The Morgan fingerprint density at radius 2 is 1.96 bits per heavy atom. The Labute approximate surface area is 154 Å². The molecule has 1 atom stereocenters. The van der Waals surface area contributed by atoms with Crippen molar-refractivity contribution in [3.05, 3.63) is 57.7 Å². The molecule has 0 bridgehead atoms. The van der Waals surface area contributed by atoms with Crippen molar-refractivity contribution in [1.82, 2.24) is 9.88 Å². The summed E-state index contributed by atoms with van der Waals surface area (Å²) in [6, 6.07) is 5.24. The molecule has 25 heavy (non-hydrogen) atoms. The van der Waals surface area contributed by atoms with Crippen LogP contribution in [0.4, 0.5) is 14.6 Å². The lowest BCUT2D eigenvalue weighted by Crippen LogP contribution is -2.14.